The highest BCUT2D eigenvalue weighted by atomic mass is 19.3. The lowest BCUT2D eigenvalue weighted by Crippen LogP contribution is -2.31. The number of hydrogen-bond acceptors (Lipinski definition) is 4. The Kier molecular flexibility index (Phi) is 4.94. The number of benzene rings is 1. The van der Waals surface area contributed by atoms with E-state index in [0.29, 0.717) is 6.07 Å². The maximum atomic E-state index is 12.7. The first-order chi connectivity index (χ1) is 8.32. The van der Waals surface area contributed by atoms with Crippen molar-refractivity contribution in [3.05, 3.63) is 29.8 Å². The summed E-state index contributed by atoms with van der Waals surface area (Å²) in [6.45, 7) is 1.12. The molecule has 1 N–H and O–H groups in total. The van der Waals surface area contributed by atoms with Crippen LogP contribution in [0.3, 0.4) is 0 Å². The largest absolute Gasteiger partial charge is 0.739 e. The second kappa shape index (κ2) is 6.03. The minimum absolute atomic E-state index is 0.441. The van der Waals surface area contributed by atoms with E-state index in [1.165, 1.54) is 0 Å². The van der Waals surface area contributed by atoms with Crippen molar-refractivity contribution in [1.82, 2.24) is 0 Å². The van der Waals surface area contributed by atoms with E-state index in [9.17, 15) is 17.6 Å². The average molecular weight is 268 g/mol. The van der Waals surface area contributed by atoms with Crippen molar-refractivity contribution in [2.75, 3.05) is 0 Å². The topological polar surface area (TPSA) is 47.9 Å². The van der Waals surface area contributed by atoms with Crippen LogP contribution in [0.5, 0.6) is 5.75 Å². The number of rotatable bonds is 6. The van der Waals surface area contributed by atoms with E-state index in [1.807, 2.05) is 0 Å². The Morgan fingerprint density at radius 3 is 2.28 bits per heavy atom. The maximum absolute atomic E-state index is 12.7. The van der Waals surface area contributed by atoms with E-state index in [0.717, 1.165) is 19.1 Å². The fraction of sp³-hybridized carbons (Fsp3) is 0.333. The molecule has 0 aliphatic carbocycles. The standard InChI is InChI=1S/C9H9BF4O4/c1-2-9(13,14)17-18-10(15)16-8-4-6(11)3-7(12)5-8/h3-5,15H,2H2,1H3. The van der Waals surface area contributed by atoms with E-state index < -0.39 is 37.2 Å². The van der Waals surface area contributed by atoms with Crippen LogP contribution in [0, 0.1) is 11.6 Å². The van der Waals surface area contributed by atoms with Crippen LogP contribution in [0.25, 0.3) is 0 Å². The van der Waals surface area contributed by atoms with Crippen molar-refractivity contribution in [2.24, 2.45) is 0 Å². The molecule has 100 valence electrons. The molecule has 0 unspecified atom stereocenters. The molecule has 0 fully saturated rings. The molecule has 1 aromatic rings. The van der Waals surface area contributed by atoms with Crippen LogP contribution in [0.1, 0.15) is 13.3 Å². The molecule has 0 spiro atoms. The van der Waals surface area contributed by atoms with E-state index in [2.05, 4.69) is 14.3 Å². The molecule has 0 amide bonds. The highest BCUT2D eigenvalue weighted by Crippen LogP contribution is 2.20. The zero-order valence-electron chi connectivity index (χ0n) is 9.20. The van der Waals surface area contributed by atoms with Crippen LogP contribution in [0.2, 0.25) is 0 Å². The quantitative estimate of drug-likeness (QED) is 0.372. The van der Waals surface area contributed by atoms with Crippen molar-refractivity contribution < 1.29 is 36.9 Å². The lowest BCUT2D eigenvalue weighted by Gasteiger charge is -2.14. The lowest BCUT2D eigenvalue weighted by atomic mass is 10.2. The van der Waals surface area contributed by atoms with Crippen LogP contribution in [0.15, 0.2) is 18.2 Å². The first-order valence-electron chi connectivity index (χ1n) is 4.85. The van der Waals surface area contributed by atoms with Gasteiger partial charge in [0.2, 0.25) is 0 Å². The van der Waals surface area contributed by atoms with E-state index in [4.69, 9.17) is 5.02 Å². The zero-order chi connectivity index (χ0) is 13.8. The number of alkyl halides is 2. The molecule has 1 aromatic carbocycles. The summed E-state index contributed by atoms with van der Waals surface area (Å²) in [5.41, 5.74) is 0. The van der Waals surface area contributed by atoms with E-state index >= 15 is 0 Å². The highest BCUT2D eigenvalue weighted by molar-refractivity contribution is 6.35. The Morgan fingerprint density at radius 2 is 1.78 bits per heavy atom. The van der Waals surface area contributed by atoms with Crippen molar-refractivity contribution in [1.29, 1.82) is 0 Å². The van der Waals surface area contributed by atoms with Gasteiger partial charge in [0, 0.05) is 24.6 Å². The lowest BCUT2D eigenvalue weighted by molar-refractivity contribution is -0.403. The smallest absolute Gasteiger partial charge is 0.510 e. The maximum Gasteiger partial charge on any atom is 0.739 e. The van der Waals surface area contributed by atoms with Crippen LogP contribution < -0.4 is 4.65 Å². The fourth-order valence-electron chi connectivity index (χ4n) is 0.903. The third kappa shape index (κ3) is 4.90. The third-order valence-corrected chi connectivity index (χ3v) is 1.74. The van der Waals surface area contributed by atoms with Gasteiger partial charge >= 0.3 is 13.4 Å². The Labute approximate surface area is 100 Å². The van der Waals surface area contributed by atoms with Gasteiger partial charge in [-0.05, 0) is 0 Å². The van der Waals surface area contributed by atoms with Crippen molar-refractivity contribution >= 4 is 7.32 Å². The van der Waals surface area contributed by atoms with Crippen LogP contribution in [0.4, 0.5) is 17.6 Å². The minimum Gasteiger partial charge on any atom is -0.510 e. The molecule has 0 aromatic heterocycles. The highest BCUT2D eigenvalue weighted by Gasteiger charge is 2.33. The molecule has 0 saturated carbocycles. The first kappa shape index (κ1) is 14.7. The normalized spacial score (nSPS) is 11.4. The summed E-state index contributed by atoms with van der Waals surface area (Å²) in [6, 6.07) is 2.03. The predicted octanol–water partition coefficient (Wildman–Crippen LogP) is 2.27. The zero-order valence-corrected chi connectivity index (χ0v) is 9.20. The Bertz CT molecular complexity index is 384. The van der Waals surface area contributed by atoms with Gasteiger partial charge in [-0.2, -0.15) is 13.7 Å². The molecule has 18 heavy (non-hydrogen) atoms. The molecular weight excluding hydrogens is 259 g/mol. The number of halogens is 4. The molecule has 0 atom stereocenters. The van der Waals surface area contributed by atoms with Crippen LogP contribution in [-0.2, 0) is 9.69 Å². The molecule has 0 radical (unpaired) electrons. The fourth-order valence-corrected chi connectivity index (χ4v) is 0.903. The van der Waals surface area contributed by atoms with Gasteiger partial charge in [-0.15, -0.1) is 0 Å². The van der Waals surface area contributed by atoms with Gasteiger partial charge in [-0.1, -0.05) is 6.92 Å². The van der Waals surface area contributed by atoms with Crippen LogP contribution in [-0.4, -0.2) is 18.5 Å². The molecule has 1 rings (SSSR count). The first-order valence-corrected chi connectivity index (χ1v) is 4.85. The van der Waals surface area contributed by atoms with Gasteiger partial charge in [-0.3, -0.25) is 0 Å². The molecule has 0 heterocycles. The van der Waals surface area contributed by atoms with Crippen molar-refractivity contribution in [2.45, 2.75) is 19.5 Å². The molecule has 0 saturated heterocycles. The van der Waals surface area contributed by atoms with E-state index in [-0.39, 0.29) is 0 Å². The summed E-state index contributed by atoms with van der Waals surface area (Å²) < 4.78 is 54.9. The molecule has 0 aliphatic rings. The van der Waals surface area contributed by atoms with Gasteiger partial charge in [0.1, 0.15) is 17.4 Å². The number of hydrogen-bond donors (Lipinski definition) is 1. The summed E-state index contributed by atoms with van der Waals surface area (Å²) >= 11 is 0. The minimum atomic E-state index is -3.60. The Hall–Kier alpha value is -1.32. The summed E-state index contributed by atoms with van der Waals surface area (Å²) in [4.78, 5) is 7.40. The predicted molar refractivity (Wildman–Crippen MR) is 52.4 cm³/mol. The monoisotopic (exact) mass is 268 g/mol. The molecule has 0 aliphatic heterocycles. The summed E-state index contributed by atoms with van der Waals surface area (Å²) in [5.74, 6) is -2.36. The summed E-state index contributed by atoms with van der Waals surface area (Å²) in [5, 5.41) is 9.00. The van der Waals surface area contributed by atoms with Gasteiger partial charge in [0.25, 0.3) is 0 Å². The molecular formula is C9H9BF4O4. The van der Waals surface area contributed by atoms with Crippen LogP contribution >= 0.6 is 0 Å². The average Bonchev–Trinajstić information content (AvgIpc) is 2.25. The SMILES string of the molecule is CCC(F)(F)OOB(O)Oc1cc(F)cc(F)c1. The Balaban J connectivity index is 2.51. The van der Waals surface area contributed by atoms with Gasteiger partial charge in [0.15, 0.2) is 0 Å². The molecule has 0 bridgehead atoms. The van der Waals surface area contributed by atoms with Crippen molar-refractivity contribution in [3.63, 3.8) is 0 Å². The van der Waals surface area contributed by atoms with Gasteiger partial charge < -0.3 is 9.68 Å². The van der Waals surface area contributed by atoms with Gasteiger partial charge in [-0.25, -0.2) is 13.6 Å². The summed E-state index contributed by atoms with van der Waals surface area (Å²) in [7, 11) is -2.25. The third-order valence-electron chi connectivity index (χ3n) is 1.74. The molecule has 4 nitrogen and oxygen atoms in total. The Morgan fingerprint density at radius 1 is 1.22 bits per heavy atom. The molecule has 9 heteroatoms. The van der Waals surface area contributed by atoms with Gasteiger partial charge in [0.05, 0.1) is 0 Å². The summed E-state index contributed by atoms with van der Waals surface area (Å²) in [6.07, 6.45) is -4.29. The van der Waals surface area contributed by atoms with Crippen molar-refractivity contribution in [3.8, 4) is 5.75 Å². The van der Waals surface area contributed by atoms with E-state index in [1.54, 1.807) is 0 Å². The second-order valence-corrected chi connectivity index (χ2v) is 3.20. The second-order valence-electron chi connectivity index (χ2n) is 3.20.